The van der Waals surface area contributed by atoms with Crippen molar-refractivity contribution in [3.05, 3.63) is 64.2 Å². The van der Waals surface area contributed by atoms with Gasteiger partial charge >= 0.3 is 0 Å². The molecule has 0 bridgehead atoms. The Kier molecular flexibility index (Phi) is 5.18. The summed E-state index contributed by atoms with van der Waals surface area (Å²) in [6.45, 7) is 13.2. The Labute approximate surface area is 135 Å². The Bertz CT molecular complexity index is 652. The molecule has 0 unspecified atom stereocenters. The zero-order valence-electron chi connectivity index (χ0n) is 14.6. The summed E-state index contributed by atoms with van der Waals surface area (Å²) >= 11 is 0. The van der Waals surface area contributed by atoms with Crippen LogP contribution in [0.4, 0.5) is 5.69 Å². The van der Waals surface area contributed by atoms with E-state index >= 15 is 0 Å². The highest BCUT2D eigenvalue weighted by atomic mass is 14.7. The highest BCUT2D eigenvalue weighted by Crippen LogP contribution is 2.34. The first-order valence-electron chi connectivity index (χ1n) is 8.14. The molecule has 0 aliphatic carbocycles. The van der Waals surface area contributed by atoms with Gasteiger partial charge in [0, 0.05) is 6.21 Å². The topological polar surface area (TPSA) is 12.4 Å². The first-order valence-corrected chi connectivity index (χ1v) is 8.14. The van der Waals surface area contributed by atoms with Gasteiger partial charge in [0.25, 0.3) is 0 Å². The second-order valence-corrected chi connectivity index (χ2v) is 6.71. The summed E-state index contributed by atoms with van der Waals surface area (Å²) in [5.74, 6) is 0.953. The molecule has 2 aromatic rings. The van der Waals surface area contributed by atoms with Crippen molar-refractivity contribution in [3.8, 4) is 0 Å². The summed E-state index contributed by atoms with van der Waals surface area (Å²) in [5, 5.41) is 0. The fraction of sp³-hybridized carbons (Fsp3) is 0.381. The summed E-state index contributed by atoms with van der Waals surface area (Å²) in [7, 11) is 0. The van der Waals surface area contributed by atoms with Crippen LogP contribution in [0.15, 0.2) is 41.4 Å². The van der Waals surface area contributed by atoms with Gasteiger partial charge in [-0.2, -0.15) is 0 Å². The maximum atomic E-state index is 4.90. The van der Waals surface area contributed by atoms with Crippen LogP contribution in [-0.4, -0.2) is 6.21 Å². The van der Waals surface area contributed by atoms with E-state index in [0.29, 0.717) is 11.8 Å². The van der Waals surface area contributed by atoms with E-state index in [9.17, 15) is 0 Å². The maximum absolute atomic E-state index is 4.90. The first-order chi connectivity index (χ1) is 10.4. The molecule has 0 aliphatic heterocycles. The van der Waals surface area contributed by atoms with E-state index in [4.69, 9.17) is 4.99 Å². The molecule has 2 rings (SSSR count). The van der Waals surface area contributed by atoms with Crippen LogP contribution >= 0.6 is 0 Å². The lowest BCUT2D eigenvalue weighted by Gasteiger charge is -2.16. The van der Waals surface area contributed by atoms with Crippen molar-refractivity contribution in [2.24, 2.45) is 4.99 Å². The Hall–Kier alpha value is -1.89. The van der Waals surface area contributed by atoms with E-state index in [-0.39, 0.29) is 0 Å². The number of nitrogens with zero attached hydrogens (tertiary/aromatic N) is 1. The predicted molar refractivity (Wildman–Crippen MR) is 97.8 cm³/mol. The Morgan fingerprint density at radius 3 is 2.00 bits per heavy atom. The SMILES string of the molecule is Cc1ccc(C)c(C=Nc2c(C(C)C)cccc2C(C)C)c1. The molecule has 0 amide bonds. The monoisotopic (exact) mass is 293 g/mol. The number of aliphatic imine (C=N–C) groups is 1. The number of para-hydroxylation sites is 1. The van der Waals surface area contributed by atoms with Gasteiger partial charge in [0.05, 0.1) is 5.69 Å². The first kappa shape index (κ1) is 16.5. The lowest BCUT2D eigenvalue weighted by atomic mass is 9.93. The second kappa shape index (κ2) is 6.91. The Morgan fingerprint density at radius 2 is 1.45 bits per heavy atom. The van der Waals surface area contributed by atoms with E-state index in [1.807, 2.05) is 6.21 Å². The maximum Gasteiger partial charge on any atom is 0.0699 e. The molecule has 0 spiro atoms. The molecule has 0 aliphatic rings. The largest absolute Gasteiger partial charge is 0.256 e. The summed E-state index contributed by atoms with van der Waals surface area (Å²) in [6.07, 6.45) is 2.02. The zero-order valence-corrected chi connectivity index (χ0v) is 14.6. The molecule has 1 heteroatoms. The standard InChI is InChI=1S/C21H27N/c1-14(2)19-8-7-9-20(15(3)4)21(19)22-13-18-12-16(5)10-11-17(18)6/h7-15H,1-6H3. The molecule has 2 aromatic carbocycles. The third-order valence-electron chi connectivity index (χ3n) is 4.11. The quantitative estimate of drug-likeness (QED) is 0.586. The molecule has 0 heterocycles. The van der Waals surface area contributed by atoms with Gasteiger partial charge in [0.1, 0.15) is 0 Å². The van der Waals surface area contributed by atoms with Crippen LogP contribution < -0.4 is 0 Å². The van der Waals surface area contributed by atoms with Crippen molar-refractivity contribution in [1.82, 2.24) is 0 Å². The minimum Gasteiger partial charge on any atom is -0.256 e. The molecule has 0 saturated carbocycles. The van der Waals surface area contributed by atoms with Gasteiger partial charge in [0.2, 0.25) is 0 Å². The van der Waals surface area contributed by atoms with Crippen LogP contribution in [0.2, 0.25) is 0 Å². The van der Waals surface area contributed by atoms with Crippen LogP contribution in [0, 0.1) is 13.8 Å². The molecule has 1 nitrogen and oxygen atoms in total. The second-order valence-electron chi connectivity index (χ2n) is 6.71. The molecule has 0 radical (unpaired) electrons. The summed E-state index contributed by atoms with van der Waals surface area (Å²) in [5.41, 5.74) is 7.54. The lowest BCUT2D eigenvalue weighted by Crippen LogP contribution is -1.96. The fourth-order valence-electron chi connectivity index (χ4n) is 2.69. The van der Waals surface area contributed by atoms with E-state index in [2.05, 4.69) is 77.9 Å². The Morgan fingerprint density at radius 1 is 0.864 bits per heavy atom. The average Bonchev–Trinajstić information content (AvgIpc) is 2.47. The van der Waals surface area contributed by atoms with Crippen molar-refractivity contribution in [3.63, 3.8) is 0 Å². The molecule has 116 valence electrons. The number of benzene rings is 2. The van der Waals surface area contributed by atoms with Gasteiger partial charge in [-0.25, -0.2) is 0 Å². The minimum atomic E-state index is 0.476. The lowest BCUT2D eigenvalue weighted by molar-refractivity contribution is 0.835. The fourth-order valence-corrected chi connectivity index (χ4v) is 2.69. The number of hydrogen-bond acceptors (Lipinski definition) is 1. The molecule has 22 heavy (non-hydrogen) atoms. The Balaban J connectivity index is 2.51. The van der Waals surface area contributed by atoms with Crippen molar-refractivity contribution in [1.29, 1.82) is 0 Å². The minimum absolute atomic E-state index is 0.476. The van der Waals surface area contributed by atoms with Crippen molar-refractivity contribution < 1.29 is 0 Å². The molecule has 0 saturated heterocycles. The smallest absolute Gasteiger partial charge is 0.0699 e. The molecular weight excluding hydrogens is 266 g/mol. The van der Waals surface area contributed by atoms with Crippen LogP contribution in [0.3, 0.4) is 0 Å². The van der Waals surface area contributed by atoms with E-state index in [1.54, 1.807) is 0 Å². The summed E-state index contributed by atoms with van der Waals surface area (Å²) < 4.78 is 0. The van der Waals surface area contributed by atoms with Gasteiger partial charge in [-0.15, -0.1) is 0 Å². The van der Waals surface area contributed by atoms with Crippen LogP contribution in [0.1, 0.15) is 67.3 Å². The van der Waals surface area contributed by atoms with Gasteiger partial charge in [0.15, 0.2) is 0 Å². The highest BCUT2D eigenvalue weighted by molar-refractivity contribution is 5.85. The van der Waals surface area contributed by atoms with E-state index in [0.717, 1.165) is 5.69 Å². The number of rotatable bonds is 4. The van der Waals surface area contributed by atoms with Crippen LogP contribution in [0.25, 0.3) is 0 Å². The van der Waals surface area contributed by atoms with Crippen molar-refractivity contribution >= 4 is 11.9 Å². The number of hydrogen-bond donors (Lipinski definition) is 0. The summed E-state index contributed by atoms with van der Waals surface area (Å²) in [4.78, 5) is 4.90. The van der Waals surface area contributed by atoms with Gasteiger partial charge in [-0.05, 0) is 47.9 Å². The van der Waals surface area contributed by atoms with E-state index < -0.39 is 0 Å². The number of aryl methyl sites for hydroxylation is 2. The molecule has 0 fully saturated rings. The molecule has 0 N–H and O–H groups in total. The molecule has 0 aromatic heterocycles. The van der Waals surface area contributed by atoms with Crippen LogP contribution in [0.5, 0.6) is 0 Å². The summed E-state index contributed by atoms with van der Waals surface area (Å²) in [6, 6.07) is 13.1. The van der Waals surface area contributed by atoms with Gasteiger partial charge in [-0.3, -0.25) is 4.99 Å². The third-order valence-corrected chi connectivity index (χ3v) is 4.11. The normalized spacial score (nSPS) is 11.8. The highest BCUT2D eigenvalue weighted by Gasteiger charge is 2.12. The van der Waals surface area contributed by atoms with E-state index in [1.165, 1.54) is 27.8 Å². The molecular formula is C21H27N. The predicted octanol–water partition coefficient (Wildman–Crippen LogP) is 6.30. The van der Waals surface area contributed by atoms with Crippen molar-refractivity contribution in [2.75, 3.05) is 0 Å². The van der Waals surface area contributed by atoms with Crippen LogP contribution in [-0.2, 0) is 0 Å². The van der Waals surface area contributed by atoms with Gasteiger partial charge < -0.3 is 0 Å². The van der Waals surface area contributed by atoms with Crippen molar-refractivity contribution in [2.45, 2.75) is 53.4 Å². The van der Waals surface area contributed by atoms with Gasteiger partial charge in [-0.1, -0.05) is 69.7 Å². The molecule has 0 atom stereocenters. The third kappa shape index (κ3) is 3.65. The average molecular weight is 293 g/mol. The zero-order chi connectivity index (χ0) is 16.3.